The predicted molar refractivity (Wildman–Crippen MR) is 78.1 cm³/mol. The smallest absolute Gasteiger partial charge is 0.168 e. The Morgan fingerprint density at radius 2 is 2.17 bits per heavy atom. The summed E-state index contributed by atoms with van der Waals surface area (Å²) >= 11 is 1.65. The van der Waals surface area contributed by atoms with E-state index < -0.39 is 0 Å². The van der Waals surface area contributed by atoms with Crippen molar-refractivity contribution in [2.45, 2.75) is 43.9 Å². The van der Waals surface area contributed by atoms with Crippen LogP contribution >= 0.6 is 11.8 Å². The first kappa shape index (κ1) is 13.4. The summed E-state index contributed by atoms with van der Waals surface area (Å²) in [5.41, 5.74) is 2.31. The molecule has 1 nitrogen and oxygen atoms in total. The third-order valence-corrected chi connectivity index (χ3v) is 4.25. The third-order valence-electron chi connectivity index (χ3n) is 3.26. The van der Waals surface area contributed by atoms with Crippen molar-refractivity contribution in [2.75, 3.05) is 5.75 Å². The molecule has 1 aliphatic carbocycles. The summed E-state index contributed by atoms with van der Waals surface area (Å²) in [6, 6.07) is 8.35. The van der Waals surface area contributed by atoms with Gasteiger partial charge in [0.2, 0.25) is 0 Å². The van der Waals surface area contributed by atoms with Crippen molar-refractivity contribution in [3.63, 3.8) is 0 Å². The van der Waals surface area contributed by atoms with E-state index in [1.54, 1.807) is 11.8 Å². The zero-order valence-electron chi connectivity index (χ0n) is 10.9. The number of benzene rings is 1. The van der Waals surface area contributed by atoms with Crippen molar-refractivity contribution >= 4 is 17.5 Å². The molecule has 0 unspecified atom stereocenters. The van der Waals surface area contributed by atoms with Gasteiger partial charge in [-0.05, 0) is 50.3 Å². The summed E-state index contributed by atoms with van der Waals surface area (Å²) in [5.74, 6) is 0.901. The minimum atomic E-state index is 0.323. The fourth-order valence-electron chi connectivity index (χ4n) is 2.21. The van der Waals surface area contributed by atoms with Crippen LogP contribution in [0.15, 0.2) is 40.8 Å². The monoisotopic (exact) mass is 260 g/mol. The third kappa shape index (κ3) is 4.02. The van der Waals surface area contributed by atoms with Gasteiger partial charge in [0, 0.05) is 4.90 Å². The van der Waals surface area contributed by atoms with E-state index in [2.05, 4.69) is 31.2 Å². The molecule has 1 aliphatic rings. The number of aryl methyl sites for hydroxylation is 1. The van der Waals surface area contributed by atoms with Crippen LogP contribution in [-0.2, 0) is 4.79 Å². The Labute approximate surface area is 114 Å². The molecule has 2 rings (SSSR count). The summed E-state index contributed by atoms with van der Waals surface area (Å²) in [6.45, 7) is 2.08. The number of carbonyl (C=O) groups excluding carboxylic acids is 1. The molecule has 0 heterocycles. The van der Waals surface area contributed by atoms with Crippen molar-refractivity contribution in [2.24, 2.45) is 0 Å². The maximum atomic E-state index is 12.1. The van der Waals surface area contributed by atoms with Gasteiger partial charge in [0.15, 0.2) is 5.78 Å². The maximum Gasteiger partial charge on any atom is 0.168 e. The van der Waals surface area contributed by atoms with Gasteiger partial charge in [-0.3, -0.25) is 4.79 Å². The van der Waals surface area contributed by atoms with Gasteiger partial charge in [0.25, 0.3) is 0 Å². The molecular weight excluding hydrogens is 240 g/mol. The van der Waals surface area contributed by atoms with Gasteiger partial charge in [-0.2, -0.15) is 0 Å². The molecule has 2 heteroatoms. The highest BCUT2D eigenvalue weighted by Gasteiger charge is 2.11. The predicted octanol–water partition coefficient (Wildman–Crippen LogP) is 4.55. The first-order chi connectivity index (χ1) is 8.75. The van der Waals surface area contributed by atoms with E-state index in [9.17, 15) is 4.79 Å². The van der Waals surface area contributed by atoms with Crippen LogP contribution in [0, 0.1) is 6.92 Å². The lowest BCUT2D eigenvalue weighted by Gasteiger charge is -2.05. The molecule has 0 aliphatic heterocycles. The van der Waals surface area contributed by atoms with Crippen LogP contribution in [0.5, 0.6) is 0 Å². The van der Waals surface area contributed by atoms with E-state index >= 15 is 0 Å². The molecule has 0 saturated carbocycles. The molecule has 0 radical (unpaired) electrons. The highest BCUT2D eigenvalue weighted by molar-refractivity contribution is 8.00. The summed E-state index contributed by atoms with van der Waals surface area (Å²) < 4.78 is 0. The van der Waals surface area contributed by atoms with Crippen molar-refractivity contribution in [1.82, 2.24) is 0 Å². The highest BCUT2D eigenvalue weighted by Crippen LogP contribution is 2.23. The molecule has 0 N–H and O–H groups in total. The Bertz CT molecular complexity index is 448. The molecule has 18 heavy (non-hydrogen) atoms. The SMILES string of the molecule is Cc1cccc(SCC(=O)C2=CCCCCC2)c1. The molecule has 1 aromatic carbocycles. The highest BCUT2D eigenvalue weighted by atomic mass is 32.2. The normalized spacial score (nSPS) is 15.9. The Morgan fingerprint density at radius 3 is 3.00 bits per heavy atom. The van der Waals surface area contributed by atoms with Gasteiger partial charge in [0.1, 0.15) is 0 Å². The number of Topliss-reactive ketones (excluding diaryl/α,β-unsaturated/α-hetero) is 1. The molecule has 0 atom stereocenters. The van der Waals surface area contributed by atoms with Gasteiger partial charge in [-0.15, -0.1) is 11.8 Å². The molecule has 0 bridgehead atoms. The van der Waals surface area contributed by atoms with Gasteiger partial charge < -0.3 is 0 Å². The van der Waals surface area contributed by atoms with Gasteiger partial charge in [-0.25, -0.2) is 0 Å². The number of hydrogen-bond acceptors (Lipinski definition) is 2. The van der Waals surface area contributed by atoms with Crippen LogP contribution in [0.4, 0.5) is 0 Å². The second kappa shape index (κ2) is 6.79. The van der Waals surface area contributed by atoms with E-state index in [-0.39, 0.29) is 0 Å². The van der Waals surface area contributed by atoms with E-state index in [1.807, 2.05) is 6.07 Å². The van der Waals surface area contributed by atoms with Gasteiger partial charge in [0.05, 0.1) is 5.75 Å². The van der Waals surface area contributed by atoms with Gasteiger partial charge in [-0.1, -0.05) is 30.2 Å². The lowest BCUT2D eigenvalue weighted by molar-refractivity contribution is -0.113. The van der Waals surface area contributed by atoms with Crippen molar-refractivity contribution in [1.29, 1.82) is 0 Å². The Balaban J connectivity index is 1.89. The number of carbonyl (C=O) groups is 1. The molecule has 0 fully saturated rings. The number of allylic oxidation sites excluding steroid dienone is 2. The van der Waals surface area contributed by atoms with Crippen LogP contribution in [-0.4, -0.2) is 11.5 Å². The summed E-state index contributed by atoms with van der Waals surface area (Å²) in [7, 11) is 0. The minimum absolute atomic E-state index is 0.323. The van der Waals surface area contributed by atoms with E-state index in [0.717, 1.165) is 18.4 Å². The lowest BCUT2D eigenvalue weighted by Crippen LogP contribution is -2.05. The number of thioether (sulfide) groups is 1. The first-order valence-electron chi connectivity index (χ1n) is 6.67. The van der Waals surface area contributed by atoms with Crippen molar-refractivity contribution < 1.29 is 4.79 Å². The summed E-state index contributed by atoms with van der Waals surface area (Å²) in [4.78, 5) is 13.3. The summed E-state index contributed by atoms with van der Waals surface area (Å²) in [5, 5.41) is 0. The maximum absolute atomic E-state index is 12.1. The molecule has 0 amide bonds. The molecule has 0 aromatic heterocycles. The van der Waals surface area contributed by atoms with Crippen LogP contribution < -0.4 is 0 Å². The van der Waals surface area contributed by atoms with E-state index in [0.29, 0.717) is 11.5 Å². The number of hydrogen-bond donors (Lipinski definition) is 0. The zero-order valence-corrected chi connectivity index (χ0v) is 11.8. The van der Waals surface area contributed by atoms with Gasteiger partial charge >= 0.3 is 0 Å². The average molecular weight is 260 g/mol. The molecule has 1 aromatic rings. The first-order valence-corrected chi connectivity index (χ1v) is 7.66. The Kier molecular flexibility index (Phi) is 5.06. The molecular formula is C16H20OS. The standard InChI is InChI=1S/C16H20OS/c1-13-7-6-10-15(11-13)18-12-16(17)14-8-4-2-3-5-9-14/h6-8,10-11H,2-5,9,12H2,1H3. The number of rotatable bonds is 4. The fraction of sp³-hybridized carbons (Fsp3) is 0.438. The largest absolute Gasteiger partial charge is 0.294 e. The Morgan fingerprint density at radius 1 is 1.28 bits per heavy atom. The zero-order chi connectivity index (χ0) is 12.8. The van der Waals surface area contributed by atoms with Crippen molar-refractivity contribution in [3.05, 3.63) is 41.5 Å². The second-order valence-corrected chi connectivity index (χ2v) is 5.91. The molecule has 0 saturated heterocycles. The Hall–Kier alpha value is -1.02. The minimum Gasteiger partial charge on any atom is -0.294 e. The van der Waals surface area contributed by atoms with Crippen LogP contribution in [0.2, 0.25) is 0 Å². The van der Waals surface area contributed by atoms with Crippen LogP contribution in [0.25, 0.3) is 0 Å². The topological polar surface area (TPSA) is 17.1 Å². The van der Waals surface area contributed by atoms with E-state index in [1.165, 1.54) is 29.7 Å². The quantitative estimate of drug-likeness (QED) is 0.739. The van der Waals surface area contributed by atoms with Crippen LogP contribution in [0.3, 0.4) is 0 Å². The average Bonchev–Trinajstić information content (AvgIpc) is 2.65. The summed E-state index contributed by atoms with van der Waals surface area (Å²) in [6.07, 6.45) is 7.89. The van der Waals surface area contributed by atoms with Crippen LogP contribution in [0.1, 0.15) is 37.7 Å². The van der Waals surface area contributed by atoms with Crippen molar-refractivity contribution in [3.8, 4) is 0 Å². The molecule has 0 spiro atoms. The van der Waals surface area contributed by atoms with E-state index in [4.69, 9.17) is 0 Å². The lowest BCUT2D eigenvalue weighted by atomic mass is 10.1. The second-order valence-electron chi connectivity index (χ2n) is 4.86. The fourth-order valence-corrected chi connectivity index (χ4v) is 3.14. The number of ketones is 1. The molecule has 96 valence electrons.